The quantitative estimate of drug-likeness (QED) is 0.214. The molecule has 3 aromatic carbocycles. The standard InChI is InChI=1S/C22H17NO4S/c23-20-16(27-17(28)10-12-6-2-1-3-7-12)11-15(24)18-19(20)22(26)14-9-5-4-8-13(14)21(18)25/h1-9,11,17,24,28H,10,23H2. The normalized spacial score (nSPS) is 13.6. The van der Waals surface area contributed by atoms with Crippen LogP contribution in [0.4, 0.5) is 5.69 Å². The van der Waals surface area contributed by atoms with Crippen LogP contribution in [0.3, 0.4) is 0 Å². The molecule has 0 bridgehead atoms. The number of thiol groups is 1. The van der Waals surface area contributed by atoms with Gasteiger partial charge in [-0.1, -0.05) is 54.6 Å². The van der Waals surface area contributed by atoms with Gasteiger partial charge in [0.05, 0.1) is 16.8 Å². The highest BCUT2D eigenvalue weighted by molar-refractivity contribution is 7.80. The van der Waals surface area contributed by atoms with Crippen molar-refractivity contribution in [3.63, 3.8) is 0 Å². The summed E-state index contributed by atoms with van der Waals surface area (Å²) in [6, 6.07) is 17.4. The molecule has 3 aromatic rings. The first-order valence-electron chi connectivity index (χ1n) is 8.70. The van der Waals surface area contributed by atoms with Gasteiger partial charge < -0.3 is 15.6 Å². The fraction of sp³-hybridized carbons (Fsp3) is 0.0909. The number of aromatic hydroxyl groups is 1. The van der Waals surface area contributed by atoms with Gasteiger partial charge in [0, 0.05) is 23.6 Å². The van der Waals surface area contributed by atoms with E-state index >= 15 is 0 Å². The third-order valence-corrected chi connectivity index (χ3v) is 4.98. The minimum atomic E-state index is -0.552. The summed E-state index contributed by atoms with van der Waals surface area (Å²) in [5.74, 6) is -1.07. The molecule has 140 valence electrons. The first-order chi connectivity index (χ1) is 13.5. The van der Waals surface area contributed by atoms with Crippen molar-refractivity contribution in [2.24, 2.45) is 0 Å². The molecule has 4 rings (SSSR count). The van der Waals surface area contributed by atoms with E-state index in [0.29, 0.717) is 6.42 Å². The minimum absolute atomic E-state index is 0.0211. The molecule has 0 fully saturated rings. The number of ketones is 2. The van der Waals surface area contributed by atoms with Crippen LogP contribution in [0.2, 0.25) is 0 Å². The molecule has 0 spiro atoms. The van der Waals surface area contributed by atoms with Crippen LogP contribution in [-0.2, 0) is 6.42 Å². The number of phenolic OH excluding ortho intramolecular Hbond substituents is 1. The maximum atomic E-state index is 12.9. The van der Waals surface area contributed by atoms with E-state index in [2.05, 4.69) is 12.6 Å². The van der Waals surface area contributed by atoms with Crippen LogP contribution in [0.1, 0.15) is 37.4 Å². The second-order valence-electron chi connectivity index (χ2n) is 6.52. The topological polar surface area (TPSA) is 89.6 Å². The van der Waals surface area contributed by atoms with Gasteiger partial charge in [0.25, 0.3) is 0 Å². The summed E-state index contributed by atoms with van der Waals surface area (Å²) >= 11 is 4.43. The average Bonchev–Trinajstić information content (AvgIpc) is 2.69. The van der Waals surface area contributed by atoms with Gasteiger partial charge in [0.15, 0.2) is 11.6 Å². The van der Waals surface area contributed by atoms with Crippen molar-refractivity contribution in [1.82, 2.24) is 0 Å². The molecule has 0 saturated heterocycles. The number of carbonyl (C=O) groups excluding carboxylic acids is 2. The zero-order valence-corrected chi connectivity index (χ0v) is 15.6. The number of rotatable bonds is 4. The summed E-state index contributed by atoms with van der Waals surface area (Å²) < 4.78 is 5.78. The number of hydrogen-bond acceptors (Lipinski definition) is 6. The number of phenols is 1. The van der Waals surface area contributed by atoms with E-state index in [1.54, 1.807) is 24.3 Å². The van der Waals surface area contributed by atoms with Crippen LogP contribution < -0.4 is 10.5 Å². The van der Waals surface area contributed by atoms with Crippen LogP contribution in [0.25, 0.3) is 0 Å². The monoisotopic (exact) mass is 391 g/mol. The third kappa shape index (κ3) is 3.01. The van der Waals surface area contributed by atoms with Crippen molar-refractivity contribution >= 4 is 29.9 Å². The highest BCUT2D eigenvalue weighted by atomic mass is 32.1. The number of anilines is 1. The Bertz CT molecular complexity index is 1100. The van der Waals surface area contributed by atoms with E-state index in [1.807, 2.05) is 30.3 Å². The first kappa shape index (κ1) is 18.1. The van der Waals surface area contributed by atoms with Crippen LogP contribution in [0.5, 0.6) is 11.5 Å². The molecule has 1 unspecified atom stereocenters. The van der Waals surface area contributed by atoms with Gasteiger partial charge in [-0.2, -0.15) is 0 Å². The van der Waals surface area contributed by atoms with Gasteiger partial charge in [0.1, 0.15) is 16.9 Å². The summed E-state index contributed by atoms with van der Waals surface area (Å²) in [6.45, 7) is 0. The number of benzene rings is 3. The third-order valence-electron chi connectivity index (χ3n) is 4.70. The molecule has 28 heavy (non-hydrogen) atoms. The van der Waals surface area contributed by atoms with Crippen molar-refractivity contribution in [2.45, 2.75) is 11.9 Å². The molecular weight excluding hydrogens is 374 g/mol. The molecule has 0 amide bonds. The summed E-state index contributed by atoms with van der Waals surface area (Å²) in [4.78, 5) is 25.7. The molecule has 1 atom stereocenters. The van der Waals surface area contributed by atoms with E-state index < -0.39 is 17.0 Å². The summed E-state index contributed by atoms with van der Waals surface area (Å²) in [7, 11) is 0. The van der Waals surface area contributed by atoms with Crippen molar-refractivity contribution in [3.8, 4) is 11.5 Å². The second kappa shape index (κ2) is 7.05. The van der Waals surface area contributed by atoms with E-state index in [0.717, 1.165) is 5.56 Å². The van der Waals surface area contributed by atoms with Gasteiger partial charge in [-0.25, -0.2) is 0 Å². The lowest BCUT2D eigenvalue weighted by molar-refractivity contribution is 0.0977. The predicted octanol–water partition coefficient (Wildman–Crippen LogP) is 3.63. The summed E-state index contributed by atoms with van der Waals surface area (Å²) in [5.41, 5.74) is 7.06. The molecule has 6 heteroatoms. The van der Waals surface area contributed by atoms with Crippen LogP contribution >= 0.6 is 12.6 Å². The molecule has 0 radical (unpaired) electrons. The molecule has 1 aliphatic carbocycles. The fourth-order valence-corrected chi connectivity index (χ4v) is 3.70. The Labute approximate surface area is 167 Å². The van der Waals surface area contributed by atoms with Crippen LogP contribution in [-0.4, -0.2) is 22.1 Å². The second-order valence-corrected chi connectivity index (χ2v) is 7.10. The molecule has 5 nitrogen and oxygen atoms in total. The first-order valence-corrected chi connectivity index (χ1v) is 9.21. The van der Waals surface area contributed by atoms with Crippen molar-refractivity contribution in [1.29, 1.82) is 0 Å². The maximum Gasteiger partial charge on any atom is 0.198 e. The maximum absolute atomic E-state index is 12.9. The smallest absolute Gasteiger partial charge is 0.198 e. The van der Waals surface area contributed by atoms with Crippen LogP contribution in [0, 0.1) is 0 Å². The molecule has 3 N–H and O–H groups in total. The van der Waals surface area contributed by atoms with Crippen LogP contribution in [0.15, 0.2) is 60.7 Å². The molecule has 0 saturated carbocycles. The highest BCUT2D eigenvalue weighted by Gasteiger charge is 2.35. The van der Waals surface area contributed by atoms with Gasteiger partial charge >= 0.3 is 0 Å². The Hall–Kier alpha value is -3.25. The van der Waals surface area contributed by atoms with E-state index in [1.165, 1.54) is 6.07 Å². The number of nitrogen functional groups attached to an aromatic ring is 1. The highest BCUT2D eigenvalue weighted by Crippen LogP contribution is 2.41. The Morgan fingerprint density at radius 2 is 1.50 bits per heavy atom. The lowest BCUT2D eigenvalue weighted by Gasteiger charge is -2.23. The van der Waals surface area contributed by atoms with Gasteiger partial charge in [-0.3, -0.25) is 9.59 Å². The van der Waals surface area contributed by atoms with E-state index in [4.69, 9.17) is 10.5 Å². The predicted molar refractivity (Wildman–Crippen MR) is 109 cm³/mol. The average molecular weight is 391 g/mol. The van der Waals surface area contributed by atoms with E-state index in [9.17, 15) is 14.7 Å². The van der Waals surface area contributed by atoms with Crippen molar-refractivity contribution in [2.75, 3.05) is 5.73 Å². The van der Waals surface area contributed by atoms with Gasteiger partial charge in [-0.05, 0) is 5.56 Å². The molecule has 0 aliphatic heterocycles. The van der Waals surface area contributed by atoms with Gasteiger partial charge in [0.2, 0.25) is 0 Å². The SMILES string of the molecule is Nc1c(OC(S)Cc2ccccc2)cc(O)c2c1C(=O)c1ccccc1C2=O. The number of nitrogens with two attached hydrogens (primary N) is 1. The Morgan fingerprint density at radius 3 is 2.14 bits per heavy atom. The lowest BCUT2D eigenvalue weighted by Crippen LogP contribution is -2.23. The largest absolute Gasteiger partial charge is 0.507 e. The zero-order chi connectivity index (χ0) is 19.8. The number of carbonyl (C=O) groups is 2. The van der Waals surface area contributed by atoms with Gasteiger partial charge in [-0.15, -0.1) is 12.6 Å². The van der Waals surface area contributed by atoms with E-state index in [-0.39, 0.29) is 39.4 Å². The van der Waals surface area contributed by atoms with Crippen molar-refractivity contribution in [3.05, 3.63) is 88.5 Å². The lowest BCUT2D eigenvalue weighted by atomic mass is 9.82. The Kier molecular flexibility index (Phi) is 4.57. The number of ether oxygens (including phenoxy) is 1. The zero-order valence-electron chi connectivity index (χ0n) is 14.8. The fourth-order valence-electron chi connectivity index (χ4n) is 3.38. The molecule has 0 aromatic heterocycles. The Morgan fingerprint density at radius 1 is 0.929 bits per heavy atom. The summed E-state index contributed by atoms with van der Waals surface area (Å²) in [6.07, 6.45) is 0.497. The molecule has 0 heterocycles. The summed E-state index contributed by atoms with van der Waals surface area (Å²) in [5, 5.41) is 10.4. The number of hydrogen-bond donors (Lipinski definition) is 3. The minimum Gasteiger partial charge on any atom is -0.507 e. The Balaban J connectivity index is 1.71. The molecule has 1 aliphatic rings. The van der Waals surface area contributed by atoms with Crippen molar-refractivity contribution < 1.29 is 19.4 Å². The number of fused-ring (bicyclic) bond motifs is 2. The molecular formula is C22H17NO4S.